The zero-order valence-electron chi connectivity index (χ0n) is 30.0. The number of rotatable bonds is 10. The maximum absolute atomic E-state index is 13.3. The summed E-state index contributed by atoms with van der Waals surface area (Å²) in [5, 5.41) is 18.3. The maximum atomic E-state index is 13.3. The molecule has 2 heterocycles. The fraction of sp³-hybridized carbons (Fsp3) is 0.366. The standard InChI is InChI=1S/C41H40ClN5O6/c1-40(2)38(41(3,4)39(40)53-28-16-13-26(23-43)31(42)22-28)46-34(49)25-11-14-27(15-12-25)44-20-8-6-5-7-9-24-10-17-29-30(21-24)37(52)47(36(29)51)32-18-19-33(48)45-35(32)50/h10-17,21-22,32,38-39,44H,5-6,8,18-20H2,1-4H3,(H,46,49)(H,45,48,50). The molecule has 0 bridgehead atoms. The number of nitrogens with zero attached hydrogens (tertiary/aromatic N) is 2. The lowest BCUT2D eigenvalue weighted by Gasteiger charge is -2.63. The van der Waals surface area contributed by atoms with Crippen LogP contribution >= 0.6 is 11.6 Å². The van der Waals surface area contributed by atoms with E-state index < -0.39 is 29.7 Å². The van der Waals surface area contributed by atoms with Gasteiger partial charge in [0.2, 0.25) is 11.8 Å². The Kier molecular flexibility index (Phi) is 10.3. The number of nitriles is 1. The number of nitrogens with one attached hydrogen (secondary N) is 3. The average Bonchev–Trinajstić information content (AvgIpc) is 3.37. The maximum Gasteiger partial charge on any atom is 0.262 e. The third-order valence-electron chi connectivity index (χ3n) is 10.3. The van der Waals surface area contributed by atoms with Gasteiger partial charge in [-0.2, -0.15) is 5.26 Å². The minimum Gasteiger partial charge on any atom is -0.489 e. The van der Waals surface area contributed by atoms with E-state index in [-0.39, 0.29) is 52.9 Å². The highest BCUT2D eigenvalue weighted by Crippen LogP contribution is 2.55. The summed E-state index contributed by atoms with van der Waals surface area (Å²) in [7, 11) is 0. The van der Waals surface area contributed by atoms with Crippen LogP contribution in [0.15, 0.2) is 60.7 Å². The lowest BCUT2D eigenvalue weighted by atomic mass is 9.49. The first-order valence-electron chi connectivity index (χ1n) is 17.6. The molecule has 1 atom stereocenters. The molecule has 0 aromatic heterocycles. The molecule has 3 N–H and O–H groups in total. The molecule has 2 fully saturated rings. The monoisotopic (exact) mass is 733 g/mol. The molecule has 53 heavy (non-hydrogen) atoms. The largest absolute Gasteiger partial charge is 0.489 e. The number of imide groups is 2. The number of carbonyl (C=O) groups is 5. The van der Waals surface area contributed by atoms with Gasteiger partial charge in [0.25, 0.3) is 17.7 Å². The number of hydrogen-bond donors (Lipinski definition) is 3. The smallest absolute Gasteiger partial charge is 0.262 e. The van der Waals surface area contributed by atoms with Crippen LogP contribution in [0.3, 0.4) is 0 Å². The van der Waals surface area contributed by atoms with Crippen LogP contribution in [0, 0.1) is 34.0 Å². The summed E-state index contributed by atoms with van der Waals surface area (Å²) in [6.07, 6.45) is 2.31. The van der Waals surface area contributed by atoms with E-state index >= 15 is 0 Å². The van der Waals surface area contributed by atoms with Crippen molar-refractivity contribution in [3.63, 3.8) is 0 Å². The lowest BCUT2D eigenvalue weighted by Crippen LogP contribution is -2.74. The molecule has 5 amide bonds. The van der Waals surface area contributed by atoms with Gasteiger partial charge in [-0.25, -0.2) is 0 Å². The number of halogens is 1. The van der Waals surface area contributed by atoms with Crippen molar-refractivity contribution in [2.45, 2.75) is 78.0 Å². The molecule has 6 rings (SSSR count). The number of ether oxygens (including phenoxy) is 1. The predicted molar refractivity (Wildman–Crippen MR) is 198 cm³/mol. The molecule has 272 valence electrons. The topological polar surface area (TPSA) is 158 Å². The molecule has 3 aliphatic rings. The van der Waals surface area contributed by atoms with Crippen LogP contribution < -0.4 is 20.7 Å². The van der Waals surface area contributed by atoms with Crippen LogP contribution in [0.25, 0.3) is 0 Å². The zero-order chi connectivity index (χ0) is 38.1. The number of piperidine rings is 1. The molecule has 0 spiro atoms. The summed E-state index contributed by atoms with van der Waals surface area (Å²) in [4.78, 5) is 63.9. The Bertz CT molecular complexity index is 2090. The molecule has 12 heteroatoms. The Morgan fingerprint density at radius 2 is 1.68 bits per heavy atom. The molecule has 1 saturated heterocycles. The summed E-state index contributed by atoms with van der Waals surface area (Å²) >= 11 is 6.21. The van der Waals surface area contributed by atoms with E-state index in [0.29, 0.717) is 33.9 Å². The van der Waals surface area contributed by atoms with Gasteiger partial charge in [0, 0.05) is 59.1 Å². The predicted octanol–water partition coefficient (Wildman–Crippen LogP) is 5.86. The van der Waals surface area contributed by atoms with Crippen molar-refractivity contribution in [1.82, 2.24) is 15.5 Å². The van der Waals surface area contributed by atoms with Gasteiger partial charge < -0.3 is 15.4 Å². The lowest BCUT2D eigenvalue weighted by molar-refractivity contribution is -0.164. The number of unbranched alkanes of at least 4 members (excludes halogenated alkanes) is 2. The van der Waals surface area contributed by atoms with Crippen LogP contribution in [0.2, 0.25) is 5.02 Å². The molecule has 2 aliphatic heterocycles. The first kappa shape index (κ1) is 37.1. The van der Waals surface area contributed by atoms with Crippen LogP contribution in [0.5, 0.6) is 5.75 Å². The number of hydrogen-bond acceptors (Lipinski definition) is 8. The second kappa shape index (κ2) is 14.8. The molecule has 3 aromatic carbocycles. The van der Waals surface area contributed by atoms with Crippen LogP contribution in [-0.4, -0.2) is 59.2 Å². The van der Waals surface area contributed by atoms with Gasteiger partial charge in [-0.15, -0.1) is 0 Å². The summed E-state index contributed by atoms with van der Waals surface area (Å²) in [6, 6.07) is 18.1. The Labute approximate surface area is 313 Å². The van der Waals surface area contributed by atoms with Crippen LogP contribution in [0.1, 0.15) is 102 Å². The molecule has 1 saturated carbocycles. The van der Waals surface area contributed by atoms with E-state index in [9.17, 15) is 24.0 Å². The number of benzene rings is 3. The van der Waals surface area contributed by atoms with Gasteiger partial charge in [-0.3, -0.25) is 34.2 Å². The van der Waals surface area contributed by atoms with Gasteiger partial charge in [0.05, 0.1) is 21.7 Å². The van der Waals surface area contributed by atoms with Gasteiger partial charge in [-0.05, 0) is 73.9 Å². The summed E-state index contributed by atoms with van der Waals surface area (Å²) in [6.45, 7) is 8.98. The van der Waals surface area contributed by atoms with Crippen molar-refractivity contribution in [3.05, 3.63) is 93.5 Å². The van der Waals surface area contributed by atoms with Gasteiger partial charge in [-0.1, -0.05) is 51.1 Å². The van der Waals surface area contributed by atoms with Crippen molar-refractivity contribution in [2.24, 2.45) is 10.8 Å². The zero-order valence-corrected chi connectivity index (χ0v) is 30.7. The van der Waals surface area contributed by atoms with Gasteiger partial charge in [0.1, 0.15) is 24.0 Å². The summed E-state index contributed by atoms with van der Waals surface area (Å²) in [5.41, 5.74) is 2.14. The minimum absolute atomic E-state index is 0.0677. The van der Waals surface area contributed by atoms with Gasteiger partial charge >= 0.3 is 0 Å². The molecule has 0 radical (unpaired) electrons. The highest BCUT2D eigenvalue weighted by Gasteiger charge is 2.64. The first-order chi connectivity index (χ1) is 25.2. The van der Waals surface area contributed by atoms with E-state index in [4.69, 9.17) is 21.6 Å². The Hall–Kier alpha value is -5.65. The molecule has 1 unspecified atom stereocenters. The van der Waals surface area contributed by atoms with E-state index in [1.807, 2.05) is 12.1 Å². The SMILES string of the molecule is CC1(C)C(NC(=O)c2ccc(NCCCCC#Cc3ccc4c(c3)C(=O)N(C3CCC(=O)NC3=O)C4=O)cc2)C(C)(C)C1Oc1ccc(C#N)c(Cl)c1. The number of amides is 5. The van der Waals surface area contributed by atoms with Crippen molar-refractivity contribution >= 4 is 46.8 Å². The molecule has 11 nitrogen and oxygen atoms in total. The Morgan fingerprint density at radius 1 is 0.962 bits per heavy atom. The highest BCUT2D eigenvalue weighted by atomic mass is 35.5. The van der Waals surface area contributed by atoms with Crippen LogP contribution in [0.4, 0.5) is 5.69 Å². The van der Waals surface area contributed by atoms with E-state index in [0.717, 1.165) is 30.0 Å². The summed E-state index contributed by atoms with van der Waals surface area (Å²) in [5.74, 6) is 4.45. The van der Waals surface area contributed by atoms with Crippen molar-refractivity contribution in [3.8, 4) is 23.7 Å². The van der Waals surface area contributed by atoms with Crippen molar-refractivity contribution in [1.29, 1.82) is 5.26 Å². The number of anilines is 1. The van der Waals surface area contributed by atoms with E-state index in [1.165, 1.54) is 0 Å². The minimum atomic E-state index is -1.00. The Balaban J connectivity index is 0.940. The highest BCUT2D eigenvalue weighted by molar-refractivity contribution is 6.31. The average molecular weight is 734 g/mol. The van der Waals surface area contributed by atoms with Crippen molar-refractivity contribution < 1.29 is 28.7 Å². The fourth-order valence-corrected chi connectivity index (χ4v) is 8.05. The first-order valence-corrected chi connectivity index (χ1v) is 18.0. The number of carbonyl (C=O) groups excluding carboxylic acids is 5. The van der Waals surface area contributed by atoms with Crippen LogP contribution in [-0.2, 0) is 9.59 Å². The third-order valence-corrected chi connectivity index (χ3v) is 10.6. The van der Waals surface area contributed by atoms with Crippen molar-refractivity contribution in [2.75, 3.05) is 11.9 Å². The Morgan fingerprint density at radius 3 is 2.36 bits per heavy atom. The van der Waals surface area contributed by atoms with E-state index in [1.54, 1.807) is 48.5 Å². The fourth-order valence-electron chi connectivity index (χ4n) is 7.83. The van der Waals surface area contributed by atoms with Gasteiger partial charge in [0.15, 0.2) is 0 Å². The third kappa shape index (κ3) is 7.35. The molecule has 1 aliphatic carbocycles. The second-order valence-electron chi connectivity index (χ2n) is 14.8. The molecular weight excluding hydrogens is 694 g/mol. The normalized spacial score (nSPS) is 21.0. The molecular formula is C41H40ClN5O6. The van der Waals surface area contributed by atoms with E-state index in [2.05, 4.69) is 61.6 Å². The molecule has 3 aromatic rings. The second-order valence-corrected chi connectivity index (χ2v) is 15.2. The quantitative estimate of drug-likeness (QED) is 0.133. The number of fused-ring (bicyclic) bond motifs is 1. The summed E-state index contributed by atoms with van der Waals surface area (Å²) < 4.78 is 6.33.